The number of amides is 2. The number of carbonyl (C=O) groups is 2. The van der Waals surface area contributed by atoms with E-state index in [1.807, 2.05) is 30.3 Å². The van der Waals surface area contributed by atoms with E-state index in [0.717, 1.165) is 5.56 Å². The van der Waals surface area contributed by atoms with Crippen LogP contribution in [0.5, 0.6) is 0 Å². The summed E-state index contributed by atoms with van der Waals surface area (Å²) in [5.41, 5.74) is 1.65. The molecule has 1 atom stereocenters. The Balaban J connectivity index is 1.77. The summed E-state index contributed by atoms with van der Waals surface area (Å²) in [5, 5.41) is 0. The lowest BCUT2D eigenvalue weighted by atomic mass is 9.97. The van der Waals surface area contributed by atoms with Gasteiger partial charge in [-0.1, -0.05) is 42.5 Å². The second-order valence-electron chi connectivity index (χ2n) is 5.93. The Bertz CT molecular complexity index is 761. The zero-order chi connectivity index (χ0) is 16.7. The second kappa shape index (κ2) is 5.54. The van der Waals surface area contributed by atoms with E-state index in [9.17, 15) is 9.59 Å². The molecule has 5 heteroatoms. The number of rotatable bonds is 3. The van der Waals surface area contributed by atoms with Gasteiger partial charge in [0, 0.05) is 5.56 Å². The highest BCUT2D eigenvalue weighted by Crippen LogP contribution is 2.39. The summed E-state index contributed by atoms with van der Waals surface area (Å²) in [7, 11) is 0. The zero-order valence-corrected chi connectivity index (χ0v) is 13.3. The van der Waals surface area contributed by atoms with Gasteiger partial charge in [-0.3, -0.25) is 14.5 Å². The molecule has 5 nitrogen and oxygen atoms in total. The van der Waals surface area contributed by atoms with Crippen LogP contribution in [0.25, 0.3) is 0 Å². The summed E-state index contributed by atoms with van der Waals surface area (Å²) in [6.07, 6.45) is 0. The average Bonchev–Trinajstić information content (AvgIpc) is 3.21. The van der Waals surface area contributed by atoms with Crippen LogP contribution in [-0.2, 0) is 15.3 Å². The molecule has 2 aromatic carbocycles. The fraction of sp³-hybridized carbons (Fsp3) is 0.263. The number of hydrogen-bond donors (Lipinski definition) is 0. The van der Waals surface area contributed by atoms with Crippen LogP contribution in [0.4, 0.5) is 0 Å². The Kier molecular flexibility index (Phi) is 3.48. The predicted octanol–water partition coefficient (Wildman–Crippen LogP) is 2.57. The minimum absolute atomic E-state index is 0.308. The summed E-state index contributed by atoms with van der Waals surface area (Å²) >= 11 is 0. The lowest BCUT2D eigenvalue weighted by Crippen LogP contribution is -2.52. The van der Waals surface area contributed by atoms with Crippen LogP contribution >= 0.6 is 0 Å². The lowest BCUT2D eigenvalue weighted by molar-refractivity contribution is -0.196. The van der Waals surface area contributed by atoms with E-state index in [4.69, 9.17) is 9.47 Å². The maximum absolute atomic E-state index is 12.8. The van der Waals surface area contributed by atoms with Crippen molar-refractivity contribution in [2.24, 2.45) is 0 Å². The van der Waals surface area contributed by atoms with Gasteiger partial charge in [-0.2, -0.15) is 0 Å². The summed E-state index contributed by atoms with van der Waals surface area (Å²) in [6.45, 7) is 2.63. The molecule has 0 aromatic heterocycles. The Morgan fingerprint density at radius 1 is 0.875 bits per heavy atom. The molecule has 0 spiro atoms. The number of imide groups is 1. The molecule has 24 heavy (non-hydrogen) atoms. The third-order valence-electron chi connectivity index (χ3n) is 4.66. The number of fused-ring (bicyclic) bond motifs is 1. The molecular formula is C19H17NO4. The first kappa shape index (κ1) is 15.1. The maximum Gasteiger partial charge on any atom is 0.262 e. The summed E-state index contributed by atoms with van der Waals surface area (Å²) < 4.78 is 11.9. The van der Waals surface area contributed by atoms with Crippen molar-refractivity contribution in [1.29, 1.82) is 0 Å². The van der Waals surface area contributed by atoms with Crippen molar-refractivity contribution in [3.05, 3.63) is 71.3 Å². The van der Waals surface area contributed by atoms with Crippen LogP contribution in [0.15, 0.2) is 54.6 Å². The molecule has 2 heterocycles. The highest BCUT2D eigenvalue weighted by atomic mass is 16.7. The average molecular weight is 323 g/mol. The summed E-state index contributed by atoms with van der Waals surface area (Å²) in [5.74, 6) is -1.75. The van der Waals surface area contributed by atoms with Gasteiger partial charge < -0.3 is 9.47 Å². The van der Waals surface area contributed by atoms with Gasteiger partial charge >= 0.3 is 0 Å². The van der Waals surface area contributed by atoms with E-state index >= 15 is 0 Å². The fourth-order valence-corrected chi connectivity index (χ4v) is 3.48. The van der Waals surface area contributed by atoms with Crippen molar-refractivity contribution >= 4 is 11.8 Å². The summed E-state index contributed by atoms with van der Waals surface area (Å²) in [6, 6.07) is 15.7. The number of ether oxygens (including phenoxy) is 2. The monoisotopic (exact) mass is 323 g/mol. The molecule has 0 N–H and O–H groups in total. The number of benzene rings is 2. The van der Waals surface area contributed by atoms with Gasteiger partial charge in [0.15, 0.2) is 0 Å². The smallest absolute Gasteiger partial charge is 0.262 e. The largest absolute Gasteiger partial charge is 0.342 e. The molecule has 2 aliphatic heterocycles. The van der Waals surface area contributed by atoms with Gasteiger partial charge in [0.05, 0.1) is 30.4 Å². The molecule has 4 rings (SSSR count). The van der Waals surface area contributed by atoms with Gasteiger partial charge in [0.25, 0.3) is 11.8 Å². The van der Waals surface area contributed by atoms with Crippen molar-refractivity contribution < 1.29 is 19.1 Å². The van der Waals surface area contributed by atoms with Crippen LogP contribution in [-0.4, -0.2) is 36.0 Å². The molecule has 2 aromatic rings. The van der Waals surface area contributed by atoms with Gasteiger partial charge in [0.2, 0.25) is 5.79 Å². The lowest BCUT2D eigenvalue weighted by Gasteiger charge is -2.37. The molecule has 1 unspecified atom stereocenters. The van der Waals surface area contributed by atoms with E-state index in [0.29, 0.717) is 24.3 Å². The molecule has 1 fully saturated rings. The quantitative estimate of drug-likeness (QED) is 0.815. The van der Waals surface area contributed by atoms with E-state index in [-0.39, 0.29) is 11.8 Å². The van der Waals surface area contributed by atoms with Crippen molar-refractivity contribution in [1.82, 2.24) is 4.90 Å². The highest BCUT2D eigenvalue weighted by Gasteiger charge is 2.52. The Labute approximate surface area is 139 Å². The number of hydrogen-bond acceptors (Lipinski definition) is 4. The van der Waals surface area contributed by atoms with Gasteiger partial charge in [-0.05, 0) is 19.1 Å². The third kappa shape index (κ3) is 2.02. The Morgan fingerprint density at radius 2 is 1.38 bits per heavy atom. The first-order chi connectivity index (χ1) is 11.6. The molecular weight excluding hydrogens is 306 g/mol. The first-order valence-electron chi connectivity index (χ1n) is 7.95. The predicted molar refractivity (Wildman–Crippen MR) is 86.4 cm³/mol. The Morgan fingerprint density at radius 3 is 1.92 bits per heavy atom. The molecule has 2 amide bonds. The third-order valence-corrected chi connectivity index (χ3v) is 4.66. The molecule has 0 bridgehead atoms. The zero-order valence-electron chi connectivity index (χ0n) is 13.3. The van der Waals surface area contributed by atoms with E-state index < -0.39 is 11.8 Å². The van der Waals surface area contributed by atoms with Crippen molar-refractivity contribution in [3.8, 4) is 0 Å². The molecule has 1 saturated heterocycles. The highest BCUT2D eigenvalue weighted by molar-refractivity contribution is 6.21. The van der Waals surface area contributed by atoms with Crippen LogP contribution < -0.4 is 0 Å². The van der Waals surface area contributed by atoms with E-state index in [2.05, 4.69) is 0 Å². The van der Waals surface area contributed by atoms with Crippen molar-refractivity contribution in [2.45, 2.75) is 18.8 Å². The maximum atomic E-state index is 12.8. The van der Waals surface area contributed by atoms with Crippen molar-refractivity contribution in [3.63, 3.8) is 0 Å². The number of nitrogens with zero attached hydrogens (tertiary/aromatic N) is 1. The van der Waals surface area contributed by atoms with Gasteiger partial charge in [-0.15, -0.1) is 0 Å². The van der Waals surface area contributed by atoms with Crippen LogP contribution in [0, 0.1) is 0 Å². The minimum Gasteiger partial charge on any atom is -0.342 e. The van der Waals surface area contributed by atoms with Gasteiger partial charge in [0.1, 0.15) is 0 Å². The molecule has 122 valence electrons. The van der Waals surface area contributed by atoms with E-state index in [1.54, 1.807) is 31.2 Å². The number of carbonyl (C=O) groups excluding carboxylic acids is 2. The molecule has 0 radical (unpaired) electrons. The van der Waals surface area contributed by atoms with Crippen molar-refractivity contribution in [2.75, 3.05) is 13.2 Å². The SMILES string of the molecule is CC(N1C(=O)c2ccccc2C1=O)C1(c2ccccc2)OCCO1. The molecule has 0 aliphatic carbocycles. The molecule has 2 aliphatic rings. The Hall–Kier alpha value is -2.50. The topological polar surface area (TPSA) is 55.8 Å². The second-order valence-corrected chi connectivity index (χ2v) is 5.93. The fourth-order valence-electron chi connectivity index (χ4n) is 3.48. The van der Waals surface area contributed by atoms with E-state index in [1.165, 1.54) is 4.90 Å². The standard InChI is InChI=1S/C19H17NO4/c1-13(19(23-11-12-24-19)14-7-3-2-4-8-14)20-17(21)15-9-5-6-10-16(15)18(20)22/h2-10,13H,11-12H2,1H3. The van der Waals surface area contributed by atoms with Gasteiger partial charge in [-0.25, -0.2) is 0 Å². The normalized spacial score (nSPS) is 20.3. The van der Waals surface area contributed by atoms with Crippen LogP contribution in [0.1, 0.15) is 33.2 Å². The van der Waals surface area contributed by atoms with Crippen LogP contribution in [0.3, 0.4) is 0 Å². The van der Waals surface area contributed by atoms with Crippen LogP contribution in [0.2, 0.25) is 0 Å². The minimum atomic E-state index is -1.13. The summed E-state index contributed by atoms with van der Waals surface area (Å²) in [4.78, 5) is 26.8. The molecule has 0 saturated carbocycles. The first-order valence-corrected chi connectivity index (χ1v) is 7.95.